The third kappa shape index (κ3) is 5.47. The van der Waals surface area contributed by atoms with Crippen molar-refractivity contribution in [3.05, 3.63) is 59.7 Å². The topological polar surface area (TPSA) is 64.6 Å². The Morgan fingerprint density at radius 2 is 1.83 bits per heavy atom. The molecule has 0 saturated carbocycles. The molecule has 1 amide bonds. The molecule has 0 radical (unpaired) electrons. The minimum atomic E-state index is -0.430. The molecule has 120 valence electrons. The summed E-state index contributed by atoms with van der Waals surface area (Å²) in [7, 11) is 1.57. The highest BCUT2D eigenvalue weighted by Crippen LogP contribution is 2.14. The van der Waals surface area contributed by atoms with Crippen molar-refractivity contribution in [2.75, 3.05) is 19.0 Å². The molecule has 0 aliphatic carbocycles. The van der Waals surface area contributed by atoms with Crippen molar-refractivity contribution in [2.45, 2.75) is 13.3 Å². The Morgan fingerprint density at radius 1 is 1.09 bits per heavy atom. The normalized spacial score (nSPS) is 10.0. The fourth-order valence-corrected chi connectivity index (χ4v) is 2.06. The summed E-state index contributed by atoms with van der Waals surface area (Å²) in [5.74, 6) is -0.110. The Labute approximate surface area is 135 Å². The van der Waals surface area contributed by atoms with Crippen LogP contribution in [0, 0.1) is 6.92 Å². The molecule has 0 aromatic heterocycles. The first-order valence-electron chi connectivity index (χ1n) is 7.22. The van der Waals surface area contributed by atoms with Crippen LogP contribution in [0.25, 0.3) is 0 Å². The van der Waals surface area contributed by atoms with E-state index in [0.717, 1.165) is 11.1 Å². The van der Waals surface area contributed by atoms with Gasteiger partial charge in [-0.05, 0) is 36.8 Å². The van der Waals surface area contributed by atoms with Crippen molar-refractivity contribution in [1.82, 2.24) is 0 Å². The highest BCUT2D eigenvalue weighted by atomic mass is 16.5. The number of aryl methyl sites for hydroxylation is 1. The van der Waals surface area contributed by atoms with E-state index in [0.29, 0.717) is 11.4 Å². The molecule has 2 aromatic carbocycles. The van der Waals surface area contributed by atoms with Gasteiger partial charge < -0.3 is 14.8 Å². The maximum atomic E-state index is 11.8. The Balaban J connectivity index is 1.78. The molecule has 5 heteroatoms. The fourth-order valence-electron chi connectivity index (χ4n) is 2.06. The van der Waals surface area contributed by atoms with E-state index in [1.807, 2.05) is 31.2 Å². The minimum Gasteiger partial charge on any atom is -0.497 e. The monoisotopic (exact) mass is 313 g/mol. The molecule has 0 aliphatic heterocycles. The average molecular weight is 313 g/mol. The summed E-state index contributed by atoms with van der Waals surface area (Å²) in [5.41, 5.74) is 2.56. The highest BCUT2D eigenvalue weighted by molar-refractivity contribution is 5.92. The summed E-state index contributed by atoms with van der Waals surface area (Å²) in [5, 5.41) is 2.65. The van der Waals surface area contributed by atoms with Gasteiger partial charge in [0.15, 0.2) is 6.61 Å². The summed E-state index contributed by atoms with van der Waals surface area (Å²) in [6.45, 7) is 1.65. The average Bonchev–Trinajstić information content (AvgIpc) is 2.54. The number of nitrogens with one attached hydrogen (secondary N) is 1. The summed E-state index contributed by atoms with van der Waals surface area (Å²) < 4.78 is 10.0. The lowest BCUT2D eigenvalue weighted by Crippen LogP contribution is -2.21. The van der Waals surface area contributed by atoms with E-state index in [-0.39, 0.29) is 18.9 Å². The van der Waals surface area contributed by atoms with Gasteiger partial charge in [0.2, 0.25) is 0 Å². The molecule has 0 aliphatic rings. The van der Waals surface area contributed by atoms with E-state index in [1.165, 1.54) is 0 Å². The van der Waals surface area contributed by atoms with E-state index in [1.54, 1.807) is 31.4 Å². The number of carbonyl (C=O) groups is 2. The molecule has 0 fully saturated rings. The van der Waals surface area contributed by atoms with Crippen molar-refractivity contribution in [1.29, 1.82) is 0 Å². The van der Waals surface area contributed by atoms with E-state index < -0.39 is 5.97 Å². The molecule has 0 bridgehead atoms. The molecule has 0 saturated heterocycles. The third-order valence-electron chi connectivity index (χ3n) is 3.17. The van der Waals surface area contributed by atoms with Gasteiger partial charge in [-0.15, -0.1) is 0 Å². The van der Waals surface area contributed by atoms with Gasteiger partial charge in [0.1, 0.15) is 5.75 Å². The summed E-state index contributed by atoms with van der Waals surface area (Å²) in [6.07, 6.45) is 0.150. The number of ether oxygens (including phenoxy) is 2. The predicted octanol–water partition coefficient (Wildman–Crippen LogP) is 2.73. The largest absolute Gasteiger partial charge is 0.497 e. The van der Waals surface area contributed by atoms with E-state index in [9.17, 15) is 9.59 Å². The Hall–Kier alpha value is -2.82. The fraction of sp³-hybridized carbons (Fsp3) is 0.222. The zero-order valence-electron chi connectivity index (χ0n) is 13.2. The van der Waals surface area contributed by atoms with Crippen LogP contribution in [-0.4, -0.2) is 25.6 Å². The van der Waals surface area contributed by atoms with Crippen LogP contribution >= 0.6 is 0 Å². The number of carbonyl (C=O) groups excluding carboxylic acids is 2. The minimum absolute atomic E-state index is 0.150. The molecule has 0 atom stereocenters. The van der Waals surface area contributed by atoms with Gasteiger partial charge in [-0.2, -0.15) is 0 Å². The molecule has 0 spiro atoms. The number of amides is 1. The summed E-state index contributed by atoms with van der Waals surface area (Å²) in [4.78, 5) is 23.5. The van der Waals surface area contributed by atoms with Crippen LogP contribution in [0.3, 0.4) is 0 Å². The van der Waals surface area contributed by atoms with E-state index in [2.05, 4.69) is 5.32 Å². The van der Waals surface area contributed by atoms with Crippen molar-refractivity contribution in [2.24, 2.45) is 0 Å². The van der Waals surface area contributed by atoms with Crippen LogP contribution in [0.15, 0.2) is 48.5 Å². The molecule has 5 nitrogen and oxygen atoms in total. The number of rotatable bonds is 6. The molecule has 2 aromatic rings. The smallest absolute Gasteiger partial charge is 0.310 e. The number of hydrogen-bond acceptors (Lipinski definition) is 4. The first-order chi connectivity index (χ1) is 11.1. The van der Waals surface area contributed by atoms with Crippen molar-refractivity contribution < 1.29 is 19.1 Å². The van der Waals surface area contributed by atoms with Gasteiger partial charge in [0.05, 0.1) is 13.5 Å². The van der Waals surface area contributed by atoms with Gasteiger partial charge in [-0.25, -0.2) is 0 Å². The summed E-state index contributed by atoms with van der Waals surface area (Å²) >= 11 is 0. The van der Waals surface area contributed by atoms with Gasteiger partial charge in [-0.3, -0.25) is 9.59 Å². The van der Waals surface area contributed by atoms with Crippen LogP contribution in [0.2, 0.25) is 0 Å². The van der Waals surface area contributed by atoms with Crippen LogP contribution in [-0.2, 0) is 20.7 Å². The first kappa shape index (κ1) is 16.5. The first-order valence-corrected chi connectivity index (χ1v) is 7.22. The SMILES string of the molecule is COc1ccc(NC(=O)COC(=O)Cc2cccc(C)c2)cc1. The van der Waals surface area contributed by atoms with Crippen LogP contribution in [0.5, 0.6) is 5.75 Å². The molecular weight excluding hydrogens is 294 g/mol. The zero-order chi connectivity index (χ0) is 16.7. The molecule has 1 N–H and O–H groups in total. The van der Waals surface area contributed by atoms with Crippen molar-refractivity contribution in [3.63, 3.8) is 0 Å². The van der Waals surface area contributed by atoms with Gasteiger partial charge in [-0.1, -0.05) is 29.8 Å². The Kier molecular flexibility index (Phi) is 5.74. The van der Waals surface area contributed by atoms with Gasteiger partial charge in [0, 0.05) is 5.69 Å². The highest BCUT2D eigenvalue weighted by Gasteiger charge is 2.09. The molecule has 0 heterocycles. The lowest BCUT2D eigenvalue weighted by Gasteiger charge is -2.07. The Bertz CT molecular complexity index is 680. The Morgan fingerprint density at radius 3 is 2.48 bits per heavy atom. The quantitative estimate of drug-likeness (QED) is 0.833. The molecule has 2 rings (SSSR count). The van der Waals surface area contributed by atoms with Crippen LogP contribution in [0.1, 0.15) is 11.1 Å². The number of anilines is 1. The zero-order valence-corrected chi connectivity index (χ0v) is 13.2. The van der Waals surface area contributed by atoms with E-state index in [4.69, 9.17) is 9.47 Å². The van der Waals surface area contributed by atoms with Crippen molar-refractivity contribution in [3.8, 4) is 5.75 Å². The van der Waals surface area contributed by atoms with E-state index >= 15 is 0 Å². The molecular formula is C18H19NO4. The molecule has 23 heavy (non-hydrogen) atoms. The number of methoxy groups -OCH3 is 1. The second kappa shape index (κ2) is 7.98. The maximum Gasteiger partial charge on any atom is 0.310 e. The van der Waals surface area contributed by atoms with Gasteiger partial charge in [0.25, 0.3) is 5.91 Å². The second-order valence-electron chi connectivity index (χ2n) is 5.10. The van der Waals surface area contributed by atoms with Gasteiger partial charge >= 0.3 is 5.97 Å². The lowest BCUT2D eigenvalue weighted by atomic mass is 10.1. The lowest BCUT2D eigenvalue weighted by molar-refractivity contribution is -0.146. The predicted molar refractivity (Wildman–Crippen MR) is 87.5 cm³/mol. The third-order valence-corrected chi connectivity index (χ3v) is 3.17. The van der Waals surface area contributed by atoms with Crippen LogP contribution in [0.4, 0.5) is 5.69 Å². The second-order valence-corrected chi connectivity index (χ2v) is 5.10. The number of benzene rings is 2. The maximum absolute atomic E-state index is 11.8. The number of hydrogen-bond donors (Lipinski definition) is 1. The summed E-state index contributed by atoms with van der Waals surface area (Å²) in [6, 6.07) is 14.5. The van der Waals surface area contributed by atoms with Crippen molar-refractivity contribution >= 4 is 17.6 Å². The number of esters is 1. The molecule has 0 unspecified atom stereocenters. The van der Waals surface area contributed by atoms with Crippen LogP contribution < -0.4 is 10.1 Å². The standard InChI is InChI=1S/C18H19NO4/c1-13-4-3-5-14(10-13)11-18(21)23-12-17(20)19-15-6-8-16(22-2)9-7-15/h3-10H,11-12H2,1-2H3,(H,19,20).